The molecule has 0 spiro atoms. The first-order valence-electron chi connectivity index (χ1n) is 4.97. The highest BCUT2D eigenvalue weighted by Crippen LogP contribution is 2.21. The van der Waals surface area contributed by atoms with Gasteiger partial charge in [0, 0.05) is 15.1 Å². The van der Waals surface area contributed by atoms with Crippen molar-refractivity contribution in [1.82, 2.24) is 0 Å². The van der Waals surface area contributed by atoms with Gasteiger partial charge in [-0.25, -0.2) is 4.39 Å². The van der Waals surface area contributed by atoms with E-state index in [2.05, 4.69) is 15.9 Å². The predicted octanol–water partition coefficient (Wildman–Crippen LogP) is 4.82. The van der Waals surface area contributed by atoms with Gasteiger partial charge in [0.05, 0.1) is 0 Å². The van der Waals surface area contributed by atoms with Crippen LogP contribution in [0.1, 0.15) is 5.56 Å². The van der Waals surface area contributed by atoms with E-state index in [1.807, 2.05) is 0 Å². The highest BCUT2D eigenvalue weighted by atomic mass is 79.9. The maximum absolute atomic E-state index is 12.9. The average molecular weight is 316 g/mol. The fourth-order valence-corrected chi connectivity index (χ4v) is 1.92. The Morgan fingerprint density at radius 2 is 1.82 bits per heavy atom. The molecule has 0 fully saturated rings. The number of hydrogen-bond donors (Lipinski definition) is 0. The third-order valence-electron chi connectivity index (χ3n) is 2.22. The van der Waals surface area contributed by atoms with Crippen molar-refractivity contribution >= 4 is 27.5 Å². The van der Waals surface area contributed by atoms with Crippen molar-refractivity contribution in [3.63, 3.8) is 0 Å². The molecule has 2 rings (SSSR count). The summed E-state index contributed by atoms with van der Waals surface area (Å²) in [7, 11) is 0. The fraction of sp³-hybridized carbons (Fsp3) is 0.0769. The molecule has 0 aliphatic heterocycles. The van der Waals surface area contributed by atoms with E-state index in [1.165, 1.54) is 12.1 Å². The second-order valence-electron chi connectivity index (χ2n) is 3.48. The van der Waals surface area contributed by atoms with Crippen LogP contribution in [-0.2, 0) is 6.61 Å². The number of rotatable bonds is 3. The number of halogens is 3. The maximum Gasteiger partial charge on any atom is 0.124 e. The van der Waals surface area contributed by atoms with Crippen molar-refractivity contribution in [1.29, 1.82) is 0 Å². The molecule has 2 aromatic carbocycles. The van der Waals surface area contributed by atoms with Gasteiger partial charge in [-0.3, -0.25) is 0 Å². The number of ether oxygens (including phenoxy) is 1. The molecule has 0 saturated heterocycles. The molecule has 0 heterocycles. The van der Waals surface area contributed by atoms with E-state index in [1.54, 1.807) is 30.3 Å². The summed E-state index contributed by atoms with van der Waals surface area (Å²) in [6, 6.07) is 11.6. The molecule has 0 aromatic heterocycles. The van der Waals surface area contributed by atoms with E-state index < -0.39 is 0 Å². The minimum atomic E-state index is -0.271. The van der Waals surface area contributed by atoms with Crippen molar-refractivity contribution in [3.05, 3.63) is 63.3 Å². The zero-order chi connectivity index (χ0) is 12.3. The molecule has 0 aliphatic carbocycles. The number of hydrogen-bond acceptors (Lipinski definition) is 1. The van der Waals surface area contributed by atoms with Crippen LogP contribution in [-0.4, -0.2) is 0 Å². The van der Waals surface area contributed by atoms with Gasteiger partial charge in [-0.15, -0.1) is 0 Å². The summed E-state index contributed by atoms with van der Waals surface area (Å²) in [4.78, 5) is 0. The van der Waals surface area contributed by atoms with Gasteiger partial charge in [-0.05, 0) is 36.4 Å². The van der Waals surface area contributed by atoms with Crippen molar-refractivity contribution in [2.24, 2.45) is 0 Å². The average Bonchev–Trinajstić information content (AvgIpc) is 2.30. The Balaban J connectivity index is 2.04. The van der Waals surface area contributed by atoms with Crippen LogP contribution in [0, 0.1) is 5.82 Å². The monoisotopic (exact) mass is 314 g/mol. The van der Waals surface area contributed by atoms with Crippen molar-refractivity contribution < 1.29 is 9.13 Å². The molecule has 2 aromatic rings. The van der Waals surface area contributed by atoms with Crippen LogP contribution in [0.5, 0.6) is 5.75 Å². The van der Waals surface area contributed by atoms with Crippen molar-refractivity contribution in [2.75, 3.05) is 0 Å². The SMILES string of the molecule is Fc1ccc(COc2ccc(Cl)cc2)c(Br)c1. The minimum Gasteiger partial charge on any atom is -0.489 e. The fourth-order valence-electron chi connectivity index (χ4n) is 1.33. The van der Waals surface area contributed by atoms with Crippen LogP contribution < -0.4 is 4.74 Å². The summed E-state index contributed by atoms with van der Waals surface area (Å²) >= 11 is 9.06. The lowest BCUT2D eigenvalue weighted by molar-refractivity contribution is 0.305. The molecule has 0 amide bonds. The van der Waals surface area contributed by atoms with Crippen LogP contribution in [0.25, 0.3) is 0 Å². The van der Waals surface area contributed by atoms with E-state index >= 15 is 0 Å². The highest BCUT2D eigenvalue weighted by molar-refractivity contribution is 9.10. The second kappa shape index (κ2) is 5.52. The maximum atomic E-state index is 12.9. The topological polar surface area (TPSA) is 9.23 Å². The van der Waals surface area contributed by atoms with Crippen LogP contribution in [0.3, 0.4) is 0 Å². The Bertz CT molecular complexity index is 513. The van der Waals surface area contributed by atoms with Crippen molar-refractivity contribution in [3.8, 4) is 5.75 Å². The van der Waals surface area contributed by atoms with E-state index in [9.17, 15) is 4.39 Å². The zero-order valence-electron chi connectivity index (χ0n) is 8.79. The van der Waals surface area contributed by atoms with Crippen LogP contribution in [0.15, 0.2) is 46.9 Å². The van der Waals surface area contributed by atoms with E-state index in [0.29, 0.717) is 16.1 Å². The third kappa shape index (κ3) is 3.45. The van der Waals surface area contributed by atoms with Gasteiger partial charge in [0.2, 0.25) is 0 Å². The quantitative estimate of drug-likeness (QED) is 0.789. The van der Waals surface area contributed by atoms with E-state index in [4.69, 9.17) is 16.3 Å². The summed E-state index contributed by atoms with van der Waals surface area (Å²) in [6.45, 7) is 0.377. The predicted molar refractivity (Wildman–Crippen MR) is 69.9 cm³/mol. The van der Waals surface area contributed by atoms with E-state index in [-0.39, 0.29) is 5.82 Å². The molecular weight excluding hydrogens is 306 g/mol. The van der Waals surface area contributed by atoms with Gasteiger partial charge in [0.1, 0.15) is 18.2 Å². The van der Waals surface area contributed by atoms with Gasteiger partial charge in [-0.2, -0.15) is 0 Å². The Hall–Kier alpha value is -1.06. The normalized spacial score (nSPS) is 10.3. The van der Waals surface area contributed by atoms with Gasteiger partial charge >= 0.3 is 0 Å². The first kappa shape index (κ1) is 12.4. The lowest BCUT2D eigenvalue weighted by Gasteiger charge is -2.08. The molecule has 0 N–H and O–H groups in total. The molecular formula is C13H9BrClFO. The summed E-state index contributed by atoms with van der Waals surface area (Å²) in [5.41, 5.74) is 0.890. The van der Waals surface area contributed by atoms with Gasteiger partial charge in [0.25, 0.3) is 0 Å². The zero-order valence-corrected chi connectivity index (χ0v) is 11.1. The first-order valence-corrected chi connectivity index (χ1v) is 6.14. The smallest absolute Gasteiger partial charge is 0.124 e. The van der Waals surface area contributed by atoms with Crippen LogP contribution in [0.4, 0.5) is 4.39 Å². The molecule has 0 saturated carbocycles. The third-order valence-corrected chi connectivity index (χ3v) is 3.21. The molecule has 1 nitrogen and oxygen atoms in total. The largest absolute Gasteiger partial charge is 0.489 e. The lowest BCUT2D eigenvalue weighted by atomic mass is 10.2. The number of benzene rings is 2. The standard InChI is InChI=1S/C13H9BrClFO/c14-13-7-11(16)4-1-9(13)8-17-12-5-2-10(15)3-6-12/h1-7H,8H2. The summed E-state index contributed by atoms with van der Waals surface area (Å²) in [6.07, 6.45) is 0. The molecule has 88 valence electrons. The summed E-state index contributed by atoms with van der Waals surface area (Å²) in [5, 5.41) is 0.667. The summed E-state index contributed by atoms with van der Waals surface area (Å²) < 4.78 is 19.1. The molecule has 0 unspecified atom stereocenters. The van der Waals surface area contributed by atoms with Gasteiger partial charge in [0.15, 0.2) is 0 Å². The van der Waals surface area contributed by atoms with Crippen LogP contribution in [0.2, 0.25) is 5.02 Å². The molecule has 17 heavy (non-hydrogen) atoms. The second-order valence-corrected chi connectivity index (χ2v) is 4.77. The summed E-state index contributed by atoms with van der Waals surface area (Å²) in [5.74, 6) is 0.456. The first-order chi connectivity index (χ1) is 8.15. The molecule has 0 atom stereocenters. The minimum absolute atomic E-state index is 0.271. The molecule has 0 bridgehead atoms. The Morgan fingerprint density at radius 3 is 2.47 bits per heavy atom. The Labute approximate surface area is 112 Å². The van der Waals surface area contributed by atoms with E-state index in [0.717, 1.165) is 11.3 Å². The van der Waals surface area contributed by atoms with Crippen molar-refractivity contribution in [2.45, 2.75) is 6.61 Å². The Morgan fingerprint density at radius 1 is 1.12 bits per heavy atom. The Kier molecular flexibility index (Phi) is 4.02. The van der Waals surface area contributed by atoms with Gasteiger partial charge in [-0.1, -0.05) is 33.6 Å². The van der Waals surface area contributed by atoms with Crippen LogP contribution >= 0.6 is 27.5 Å². The highest BCUT2D eigenvalue weighted by Gasteiger charge is 2.02. The van der Waals surface area contributed by atoms with Gasteiger partial charge < -0.3 is 4.74 Å². The molecule has 0 radical (unpaired) electrons. The lowest BCUT2D eigenvalue weighted by Crippen LogP contribution is -1.96. The molecule has 4 heteroatoms. The molecule has 0 aliphatic rings.